The lowest BCUT2D eigenvalue weighted by molar-refractivity contribution is -0.113. The fraction of sp³-hybridized carbons (Fsp3) is 0.176. The van der Waals surface area contributed by atoms with Crippen molar-refractivity contribution in [2.75, 3.05) is 18.2 Å². The Morgan fingerprint density at radius 1 is 1.13 bits per heavy atom. The lowest BCUT2D eigenvalue weighted by Gasteiger charge is -2.09. The fourth-order valence-electron chi connectivity index (χ4n) is 1.91. The van der Waals surface area contributed by atoms with Gasteiger partial charge in [-0.1, -0.05) is 24.3 Å². The van der Waals surface area contributed by atoms with Crippen molar-refractivity contribution < 1.29 is 18.7 Å². The number of para-hydroxylation sites is 1. The van der Waals surface area contributed by atoms with Crippen LogP contribution in [0.3, 0.4) is 0 Å². The Balaban J connectivity index is 1.88. The summed E-state index contributed by atoms with van der Waals surface area (Å²) in [6, 6.07) is 12.8. The van der Waals surface area contributed by atoms with Gasteiger partial charge in [-0.05, 0) is 29.8 Å². The van der Waals surface area contributed by atoms with Gasteiger partial charge >= 0.3 is 5.97 Å². The molecule has 0 aliphatic heterocycles. The Labute approximate surface area is 138 Å². The zero-order valence-corrected chi connectivity index (χ0v) is 13.4. The first-order valence-corrected chi connectivity index (χ1v) is 8.05. The molecule has 0 atom stereocenters. The summed E-state index contributed by atoms with van der Waals surface area (Å²) in [5.74, 6) is -0.164. The van der Waals surface area contributed by atoms with Crippen LogP contribution in [0.15, 0.2) is 48.5 Å². The Kier molecular flexibility index (Phi) is 6.17. The molecule has 6 heteroatoms. The normalized spacial score (nSPS) is 10.2. The average molecular weight is 333 g/mol. The molecule has 2 rings (SSSR count). The van der Waals surface area contributed by atoms with Crippen molar-refractivity contribution in [3.8, 4) is 0 Å². The molecule has 1 N–H and O–H groups in total. The Morgan fingerprint density at radius 3 is 2.52 bits per heavy atom. The highest BCUT2D eigenvalue weighted by atomic mass is 32.2. The van der Waals surface area contributed by atoms with Gasteiger partial charge in [0.2, 0.25) is 5.91 Å². The molecule has 2 aromatic carbocycles. The Morgan fingerprint density at radius 2 is 1.83 bits per heavy atom. The lowest BCUT2D eigenvalue weighted by Crippen LogP contribution is -2.17. The van der Waals surface area contributed by atoms with E-state index in [9.17, 15) is 14.0 Å². The van der Waals surface area contributed by atoms with Crippen molar-refractivity contribution in [2.45, 2.75) is 5.75 Å². The maximum atomic E-state index is 12.8. The summed E-state index contributed by atoms with van der Waals surface area (Å²) in [6.07, 6.45) is 0. The van der Waals surface area contributed by atoms with Crippen LogP contribution in [0.4, 0.5) is 10.1 Å². The number of rotatable bonds is 6. The second kappa shape index (κ2) is 8.33. The minimum absolute atomic E-state index is 0.214. The topological polar surface area (TPSA) is 55.4 Å². The van der Waals surface area contributed by atoms with Crippen LogP contribution in [-0.4, -0.2) is 24.7 Å². The molecule has 0 saturated carbocycles. The first-order valence-electron chi connectivity index (χ1n) is 6.89. The third-order valence-electron chi connectivity index (χ3n) is 3.02. The molecule has 0 heterocycles. The first-order chi connectivity index (χ1) is 11.1. The van der Waals surface area contributed by atoms with Crippen molar-refractivity contribution in [1.82, 2.24) is 0 Å². The van der Waals surface area contributed by atoms with Gasteiger partial charge in [-0.15, -0.1) is 11.8 Å². The fourth-order valence-corrected chi connectivity index (χ4v) is 2.70. The third kappa shape index (κ3) is 5.10. The number of methoxy groups -OCH3 is 1. The molecule has 0 aromatic heterocycles. The lowest BCUT2D eigenvalue weighted by atomic mass is 10.2. The molecule has 0 bridgehead atoms. The number of nitrogens with one attached hydrogen (secondary N) is 1. The Hall–Kier alpha value is -2.34. The summed E-state index contributed by atoms with van der Waals surface area (Å²) in [5.41, 5.74) is 1.68. The van der Waals surface area contributed by atoms with Gasteiger partial charge in [-0.3, -0.25) is 4.79 Å². The standard InChI is InChI=1S/C17H16FNO3S/c1-22-17(21)14-4-2-3-5-15(14)19-16(20)11-23-10-12-6-8-13(18)9-7-12/h2-9H,10-11H2,1H3,(H,19,20). The van der Waals surface area contributed by atoms with Crippen molar-refractivity contribution >= 4 is 29.3 Å². The van der Waals surface area contributed by atoms with E-state index in [1.807, 2.05) is 0 Å². The van der Waals surface area contributed by atoms with E-state index in [0.29, 0.717) is 17.0 Å². The number of anilines is 1. The molecule has 0 fully saturated rings. The number of amides is 1. The zero-order chi connectivity index (χ0) is 16.7. The summed E-state index contributed by atoms with van der Waals surface area (Å²) in [5, 5.41) is 2.70. The number of carbonyl (C=O) groups excluding carboxylic acids is 2. The number of thioether (sulfide) groups is 1. The smallest absolute Gasteiger partial charge is 0.339 e. The van der Waals surface area contributed by atoms with Crippen LogP contribution < -0.4 is 5.32 Å². The summed E-state index contributed by atoms with van der Waals surface area (Å²) in [4.78, 5) is 23.6. The van der Waals surface area contributed by atoms with Gasteiger partial charge in [0, 0.05) is 5.75 Å². The van der Waals surface area contributed by atoms with E-state index >= 15 is 0 Å². The van der Waals surface area contributed by atoms with Gasteiger partial charge in [0.25, 0.3) is 0 Å². The monoisotopic (exact) mass is 333 g/mol. The minimum atomic E-state index is -0.500. The highest BCUT2D eigenvalue weighted by Crippen LogP contribution is 2.17. The largest absolute Gasteiger partial charge is 0.465 e. The van der Waals surface area contributed by atoms with E-state index in [2.05, 4.69) is 10.1 Å². The maximum Gasteiger partial charge on any atom is 0.339 e. The molecule has 0 aliphatic rings. The number of ether oxygens (including phenoxy) is 1. The van der Waals surface area contributed by atoms with Crippen LogP contribution >= 0.6 is 11.8 Å². The quantitative estimate of drug-likeness (QED) is 0.822. The van der Waals surface area contributed by atoms with Gasteiger partial charge in [-0.25, -0.2) is 9.18 Å². The predicted octanol–water partition coefficient (Wildman–Crippen LogP) is 3.48. The number of hydrogen-bond donors (Lipinski definition) is 1. The number of hydrogen-bond acceptors (Lipinski definition) is 4. The molecule has 1 amide bonds. The van der Waals surface area contributed by atoms with Gasteiger partial charge in [0.15, 0.2) is 0 Å². The van der Waals surface area contributed by atoms with Crippen LogP contribution in [0, 0.1) is 5.82 Å². The van der Waals surface area contributed by atoms with Crippen LogP contribution in [0.5, 0.6) is 0 Å². The molecule has 0 spiro atoms. The predicted molar refractivity (Wildman–Crippen MR) is 89.0 cm³/mol. The van der Waals surface area contributed by atoms with Crippen LogP contribution in [0.1, 0.15) is 15.9 Å². The summed E-state index contributed by atoms with van der Waals surface area (Å²) < 4.78 is 17.5. The van der Waals surface area contributed by atoms with Crippen molar-refractivity contribution in [3.63, 3.8) is 0 Å². The van der Waals surface area contributed by atoms with Crippen LogP contribution in [0.2, 0.25) is 0 Å². The summed E-state index contributed by atoms with van der Waals surface area (Å²) >= 11 is 1.41. The van der Waals surface area contributed by atoms with Gasteiger partial charge in [0.1, 0.15) is 5.82 Å². The maximum absolute atomic E-state index is 12.8. The first kappa shape index (κ1) is 17.0. The molecule has 0 saturated heterocycles. The zero-order valence-electron chi connectivity index (χ0n) is 12.5. The molecule has 0 aliphatic carbocycles. The van der Waals surface area contributed by atoms with Gasteiger partial charge in [-0.2, -0.15) is 0 Å². The molecule has 120 valence electrons. The number of halogens is 1. The van der Waals surface area contributed by atoms with Crippen molar-refractivity contribution in [3.05, 3.63) is 65.5 Å². The molecule has 23 heavy (non-hydrogen) atoms. The number of carbonyl (C=O) groups is 2. The van der Waals surface area contributed by atoms with E-state index in [4.69, 9.17) is 0 Å². The SMILES string of the molecule is COC(=O)c1ccccc1NC(=O)CSCc1ccc(F)cc1. The van der Waals surface area contributed by atoms with E-state index in [1.54, 1.807) is 36.4 Å². The highest BCUT2D eigenvalue weighted by Gasteiger charge is 2.13. The summed E-state index contributed by atoms with van der Waals surface area (Å²) in [7, 11) is 1.29. The molecular formula is C17H16FNO3S. The van der Waals surface area contributed by atoms with Crippen molar-refractivity contribution in [1.29, 1.82) is 0 Å². The number of esters is 1. The van der Waals surface area contributed by atoms with Gasteiger partial charge in [0.05, 0.1) is 24.1 Å². The molecule has 0 radical (unpaired) electrons. The van der Waals surface area contributed by atoms with E-state index in [-0.39, 0.29) is 17.5 Å². The molecule has 4 nitrogen and oxygen atoms in total. The second-order valence-corrected chi connectivity index (χ2v) is 5.69. The van der Waals surface area contributed by atoms with Crippen LogP contribution in [0.25, 0.3) is 0 Å². The van der Waals surface area contributed by atoms with Crippen LogP contribution in [-0.2, 0) is 15.3 Å². The second-order valence-electron chi connectivity index (χ2n) is 4.70. The average Bonchev–Trinajstić information content (AvgIpc) is 2.56. The highest BCUT2D eigenvalue weighted by molar-refractivity contribution is 7.99. The van der Waals surface area contributed by atoms with E-state index in [0.717, 1.165) is 5.56 Å². The minimum Gasteiger partial charge on any atom is -0.465 e. The third-order valence-corrected chi connectivity index (χ3v) is 4.03. The van der Waals surface area contributed by atoms with Gasteiger partial charge < -0.3 is 10.1 Å². The molecule has 0 unspecified atom stereocenters. The molecular weight excluding hydrogens is 317 g/mol. The summed E-state index contributed by atoms with van der Waals surface area (Å²) in [6.45, 7) is 0. The Bertz CT molecular complexity index is 688. The van der Waals surface area contributed by atoms with E-state index in [1.165, 1.54) is 31.0 Å². The van der Waals surface area contributed by atoms with E-state index < -0.39 is 5.97 Å². The number of benzene rings is 2. The van der Waals surface area contributed by atoms with Crippen molar-refractivity contribution in [2.24, 2.45) is 0 Å². The molecule has 2 aromatic rings.